The van der Waals surface area contributed by atoms with Crippen molar-refractivity contribution in [2.45, 2.75) is 32.6 Å². The van der Waals surface area contributed by atoms with Crippen molar-refractivity contribution in [3.05, 3.63) is 51.5 Å². The average molecular weight is 446 g/mol. The summed E-state index contributed by atoms with van der Waals surface area (Å²) in [5, 5.41) is 8.81. The molecule has 28 heavy (non-hydrogen) atoms. The first kappa shape index (κ1) is 18.9. The quantitative estimate of drug-likeness (QED) is 0.561. The number of halogens is 2. The fourth-order valence-corrected chi connectivity index (χ4v) is 4.08. The van der Waals surface area contributed by atoms with Crippen LogP contribution in [0.2, 0.25) is 0 Å². The van der Waals surface area contributed by atoms with Crippen LogP contribution in [-0.4, -0.2) is 29.0 Å². The van der Waals surface area contributed by atoms with E-state index in [0.29, 0.717) is 16.0 Å². The molecule has 0 spiro atoms. The minimum Gasteiger partial charge on any atom is -0.496 e. The SMILES string of the molecule is COc1cc(OC)c(C(C)C)cc1-c1nnc2n1-c1cc(F)c(Br)cc1CC2. The van der Waals surface area contributed by atoms with Crippen molar-refractivity contribution < 1.29 is 13.9 Å². The number of hydrogen-bond donors (Lipinski definition) is 0. The molecule has 0 bridgehead atoms. The number of nitrogens with zero attached hydrogens (tertiary/aromatic N) is 3. The lowest BCUT2D eigenvalue weighted by atomic mass is 9.97. The van der Waals surface area contributed by atoms with Crippen LogP contribution in [0.3, 0.4) is 0 Å². The largest absolute Gasteiger partial charge is 0.496 e. The molecule has 1 aliphatic rings. The fourth-order valence-electron chi connectivity index (χ4n) is 3.69. The number of aromatic nitrogens is 3. The van der Waals surface area contributed by atoms with E-state index < -0.39 is 0 Å². The third kappa shape index (κ3) is 2.98. The average Bonchev–Trinajstić information content (AvgIpc) is 3.12. The van der Waals surface area contributed by atoms with Gasteiger partial charge in [0.05, 0.1) is 29.9 Å². The van der Waals surface area contributed by atoms with Crippen LogP contribution in [0, 0.1) is 5.82 Å². The third-order valence-electron chi connectivity index (χ3n) is 5.13. The predicted molar refractivity (Wildman–Crippen MR) is 109 cm³/mol. The van der Waals surface area contributed by atoms with Crippen LogP contribution in [0.4, 0.5) is 4.39 Å². The molecule has 3 aromatic rings. The van der Waals surface area contributed by atoms with Gasteiger partial charge in [-0.25, -0.2) is 4.39 Å². The molecule has 1 aromatic heterocycles. The predicted octanol–water partition coefficient (Wildman–Crippen LogP) is 5.08. The van der Waals surface area contributed by atoms with Crippen LogP contribution < -0.4 is 9.47 Å². The van der Waals surface area contributed by atoms with Crippen molar-refractivity contribution in [2.75, 3.05) is 14.2 Å². The van der Waals surface area contributed by atoms with Crippen molar-refractivity contribution in [1.82, 2.24) is 14.8 Å². The lowest BCUT2D eigenvalue weighted by Gasteiger charge is -2.21. The van der Waals surface area contributed by atoms with Gasteiger partial charge in [-0.3, -0.25) is 4.57 Å². The van der Waals surface area contributed by atoms with Gasteiger partial charge in [-0.05, 0) is 57.6 Å². The monoisotopic (exact) mass is 445 g/mol. The van der Waals surface area contributed by atoms with Gasteiger partial charge >= 0.3 is 0 Å². The second-order valence-electron chi connectivity index (χ2n) is 7.12. The zero-order valence-electron chi connectivity index (χ0n) is 16.2. The summed E-state index contributed by atoms with van der Waals surface area (Å²) < 4.78 is 27.9. The van der Waals surface area contributed by atoms with E-state index in [2.05, 4.69) is 40.0 Å². The third-order valence-corrected chi connectivity index (χ3v) is 5.73. The Hall–Kier alpha value is -2.41. The number of hydrogen-bond acceptors (Lipinski definition) is 4. The van der Waals surface area contributed by atoms with Crippen LogP contribution in [0.1, 0.15) is 36.7 Å². The smallest absolute Gasteiger partial charge is 0.172 e. The molecule has 2 heterocycles. The molecule has 0 radical (unpaired) electrons. The molecule has 0 aliphatic carbocycles. The van der Waals surface area contributed by atoms with Gasteiger partial charge in [0.15, 0.2) is 5.82 Å². The molecule has 0 saturated carbocycles. The van der Waals surface area contributed by atoms with E-state index in [1.807, 2.05) is 22.8 Å². The standard InChI is InChI=1S/C21H21BrFN3O2/c1-11(2)13-8-14(19(28-4)10-18(13)27-3)21-25-24-20-6-5-12-7-15(22)16(23)9-17(12)26(20)21/h7-11H,5-6H2,1-4H3. The summed E-state index contributed by atoms with van der Waals surface area (Å²) in [5.74, 6) is 2.80. The molecule has 146 valence electrons. The molecular weight excluding hydrogens is 425 g/mol. The molecule has 0 atom stereocenters. The Morgan fingerprint density at radius 1 is 1.04 bits per heavy atom. The first-order chi connectivity index (χ1) is 13.4. The van der Waals surface area contributed by atoms with E-state index in [0.717, 1.165) is 46.8 Å². The van der Waals surface area contributed by atoms with E-state index in [-0.39, 0.29) is 11.7 Å². The second kappa shape index (κ2) is 7.20. The van der Waals surface area contributed by atoms with E-state index in [1.54, 1.807) is 14.2 Å². The molecular formula is C21H21BrFN3O2. The van der Waals surface area contributed by atoms with E-state index in [1.165, 1.54) is 6.07 Å². The van der Waals surface area contributed by atoms with Gasteiger partial charge in [0.2, 0.25) is 0 Å². The molecule has 5 nitrogen and oxygen atoms in total. The highest BCUT2D eigenvalue weighted by Gasteiger charge is 2.26. The summed E-state index contributed by atoms with van der Waals surface area (Å²) in [7, 11) is 3.27. The van der Waals surface area contributed by atoms with E-state index >= 15 is 0 Å². The Kier molecular flexibility index (Phi) is 4.87. The van der Waals surface area contributed by atoms with Gasteiger partial charge in [-0.1, -0.05) is 13.8 Å². The first-order valence-corrected chi connectivity index (χ1v) is 9.92. The fraction of sp³-hybridized carbons (Fsp3) is 0.333. The maximum absolute atomic E-state index is 14.3. The van der Waals surface area contributed by atoms with Gasteiger partial charge in [-0.2, -0.15) is 0 Å². The second-order valence-corrected chi connectivity index (χ2v) is 7.97. The zero-order chi connectivity index (χ0) is 20.0. The highest BCUT2D eigenvalue weighted by atomic mass is 79.9. The van der Waals surface area contributed by atoms with Crippen molar-refractivity contribution >= 4 is 15.9 Å². The van der Waals surface area contributed by atoms with Gasteiger partial charge in [0.1, 0.15) is 23.1 Å². The number of methoxy groups -OCH3 is 2. The minimum atomic E-state index is -0.309. The summed E-state index contributed by atoms with van der Waals surface area (Å²) in [6, 6.07) is 7.28. The Bertz CT molecular complexity index is 1060. The zero-order valence-corrected chi connectivity index (χ0v) is 17.8. The molecule has 0 N–H and O–H groups in total. The molecule has 1 aliphatic heterocycles. The van der Waals surface area contributed by atoms with Gasteiger partial charge in [0.25, 0.3) is 0 Å². The maximum Gasteiger partial charge on any atom is 0.172 e. The van der Waals surface area contributed by atoms with E-state index in [9.17, 15) is 4.39 Å². The van der Waals surface area contributed by atoms with Crippen molar-refractivity contribution in [2.24, 2.45) is 0 Å². The van der Waals surface area contributed by atoms with Crippen LogP contribution >= 0.6 is 15.9 Å². The number of fused-ring (bicyclic) bond motifs is 3. The molecule has 0 unspecified atom stereocenters. The van der Waals surface area contributed by atoms with Gasteiger partial charge in [-0.15, -0.1) is 10.2 Å². The Labute approximate surface area is 171 Å². The summed E-state index contributed by atoms with van der Waals surface area (Å²) in [5.41, 5.74) is 3.68. The summed E-state index contributed by atoms with van der Waals surface area (Å²) in [6.07, 6.45) is 1.54. The molecule has 0 amide bonds. The summed E-state index contributed by atoms with van der Waals surface area (Å²) in [4.78, 5) is 0. The van der Waals surface area contributed by atoms with Crippen molar-refractivity contribution in [3.8, 4) is 28.6 Å². The minimum absolute atomic E-state index is 0.254. The van der Waals surface area contributed by atoms with Crippen LogP contribution in [0.15, 0.2) is 28.7 Å². The number of aryl methyl sites for hydroxylation is 2. The molecule has 0 saturated heterocycles. The molecule has 4 rings (SSSR count). The summed E-state index contributed by atoms with van der Waals surface area (Å²) >= 11 is 3.28. The van der Waals surface area contributed by atoms with Crippen LogP contribution in [0.25, 0.3) is 17.1 Å². The highest BCUT2D eigenvalue weighted by molar-refractivity contribution is 9.10. The van der Waals surface area contributed by atoms with Crippen LogP contribution in [-0.2, 0) is 12.8 Å². The molecule has 2 aromatic carbocycles. The Morgan fingerprint density at radius 2 is 1.79 bits per heavy atom. The lowest BCUT2D eigenvalue weighted by Crippen LogP contribution is -2.14. The highest BCUT2D eigenvalue weighted by Crippen LogP contribution is 2.40. The summed E-state index contributed by atoms with van der Waals surface area (Å²) in [6.45, 7) is 4.21. The van der Waals surface area contributed by atoms with Gasteiger partial charge in [0, 0.05) is 12.5 Å². The van der Waals surface area contributed by atoms with E-state index in [4.69, 9.17) is 9.47 Å². The first-order valence-electron chi connectivity index (χ1n) is 9.13. The normalized spacial score (nSPS) is 12.7. The number of ether oxygens (including phenoxy) is 2. The van der Waals surface area contributed by atoms with Crippen molar-refractivity contribution in [3.63, 3.8) is 0 Å². The molecule has 0 fully saturated rings. The number of rotatable bonds is 4. The topological polar surface area (TPSA) is 49.2 Å². The van der Waals surface area contributed by atoms with Gasteiger partial charge < -0.3 is 9.47 Å². The Morgan fingerprint density at radius 3 is 2.46 bits per heavy atom. The van der Waals surface area contributed by atoms with Crippen molar-refractivity contribution in [1.29, 1.82) is 0 Å². The molecule has 7 heteroatoms. The number of benzene rings is 2. The maximum atomic E-state index is 14.3. The Balaban J connectivity index is 1.97. The lowest BCUT2D eigenvalue weighted by molar-refractivity contribution is 0.390. The van der Waals surface area contributed by atoms with Crippen LogP contribution in [0.5, 0.6) is 11.5 Å².